The largest absolute Gasteiger partial charge is 0.382 e. The number of benzene rings is 2. The Morgan fingerprint density at radius 3 is 2.43 bits per heavy atom. The van der Waals surface area contributed by atoms with Crippen LogP contribution in [0.3, 0.4) is 0 Å². The minimum atomic E-state index is -0.0989. The SMILES string of the molecule is Cc1cc(C)n(Cc2cccc(C(=O)Nc3ccc(NC4CCCCC4)cc3)c2)n1. The van der Waals surface area contributed by atoms with E-state index in [1.807, 2.05) is 67.1 Å². The van der Waals surface area contributed by atoms with Gasteiger partial charge in [-0.05, 0) is 74.7 Å². The van der Waals surface area contributed by atoms with E-state index in [9.17, 15) is 4.79 Å². The Bertz CT molecular complexity index is 1000. The Labute approximate surface area is 178 Å². The molecule has 0 unspecified atom stereocenters. The third-order valence-corrected chi connectivity index (χ3v) is 5.74. The molecule has 1 aromatic heterocycles. The second kappa shape index (κ2) is 9.16. The first-order valence-corrected chi connectivity index (χ1v) is 10.8. The van der Waals surface area contributed by atoms with Crippen molar-refractivity contribution in [2.24, 2.45) is 0 Å². The first-order chi connectivity index (χ1) is 14.6. The van der Waals surface area contributed by atoms with Crippen LogP contribution in [0.1, 0.15) is 59.4 Å². The molecule has 2 N–H and O–H groups in total. The van der Waals surface area contributed by atoms with Crippen LogP contribution in [0.15, 0.2) is 54.6 Å². The highest BCUT2D eigenvalue weighted by Gasteiger charge is 2.13. The Morgan fingerprint density at radius 1 is 1.00 bits per heavy atom. The molecule has 0 atom stereocenters. The highest BCUT2D eigenvalue weighted by atomic mass is 16.1. The Balaban J connectivity index is 1.38. The number of aromatic nitrogens is 2. The van der Waals surface area contributed by atoms with Gasteiger partial charge in [0.1, 0.15) is 0 Å². The number of aryl methyl sites for hydroxylation is 2. The lowest BCUT2D eigenvalue weighted by atomic mass is 9.95. The third kappa shape index (κ3) is 5.09. The third-order valence-electron chi connectivity index (χ3n) is 5.74. The molecule has 1 heterocycles. The minimum Gasteiger partial charge on any atom is -0.382 e. The van der Waals surface area contributed by atoms with Crippen molar-refractivity contribution in [1.29, 1.82) is 0 Å². The fourth-order valence-electron chi connectivity index (χ4n) is 4.15. The van der Waals surface area contributed by atoms with E-state index >= 15 is 0 Å². The van der Waals surface area contributed by atoms with E-state index in [1.165, 1.54) is 32.1 Å². The van der Waals surface area contributed by atoms with Crippen molar-refractivity contribution in [1.82, 2.24) is 9.78 Å². The molecule has 0 spiro atoms. The average molecular weight is 403 g/mol. The number of amides is 1. The standard InChI is InChI=1S/C25H30N4O/c1-18-15-19(2)29(28-18)17-20-7-6-8-21(16-20)25(30)27-24-13-11-23(12-14-24)26-22-9-4-3-5-10-22/h6-8,11-16,22,26H,3-5,9-10,17H2,1-2H3,(H,27,30). The second-order valence-electron chi connectivity index (χ2n) is 8.30. The lowest BCUT2D eigenvalue weighted by Gasteiger charge is -2.23. The zero-order valence-electron chi connectivity index (χ0n) is 17.8. The molecule has 156 valence electrons. The molecular formula is C25H30N4O. The average Bonchev–Trinajstić information content (AvgIpc) is 3.07. The number of anilines is 2. The molecule has 1 aliphatic rings. The van der Waals surface area contributed by atoms with Crippen molar-refractivity contribution in [2.75, 3.05) is 10.6 Å². The molecule has 30 heavy (non-hydrogen) atoms. The molecule has 1 aliphatic carbocycles. The number of hydrogen-bond donors (Lipinski definition) is 2. The van der Waals surface area contributed by atoms with Crippen LogP contribution in [-0.2, 0) is 6.54 Å². The van der Waals surface area contributed by atoms with Crippen molar-refractivity contribution >= 4 is 17.3 Å². The summed E-state index contributed by atoms with van der Waals surface area (Å²) < 4.78 is 1.96. The quantitative estimate of drug-likeness (QED) is 0.569. The van der Waals surface area contributed by atoms with Crippen LogP contribution in [0.5, 0.6) is 0 Å². The van der Waals surface area contributed by atoms with Gasteiger partial charge in [0.2, 0.25) is 0 Å². The Morgan fingerprint density at radius 2 is 1.73 bits per heavy atom. The summed E-state index contributed by atoms with van der Waals surface area (Å²) in [6, 6.07) is 18.4. The summed E-state index contributed by atoms with van der Waals surface area (Å²) in [7, 11) is 0. The number of carbonyl (C=O) groups excluding carboxylic acids is 1. The number of rotatable bonds is 6. The molecule has 0 aliphatic heterocycles. The van der Waals surface area contributed by atoms with E-state index < -0.39 is 0 Å². The molecule has 0 bridgehead atoms. The minimum absolute atomic E-state index is 0.0989. The maximum Gasteiger partial charge on any atom is 0.255 e. The van der Waals surface area contributed by atoms with Crippen LogP contribution in [-0.4, -0.2) is 21.7 Å². The number of nitrogens with one attached hydrogen (secondary N) is 2. The van der Waals surface area contributed by atoms with Gasteiger partial charge in [-0.2, -0.15) is 5.10 Å². The van der Waals surface area contributed by atoms with Gasteiger partial charge < -0.3 is 10.6 Å². The molecular weight excluding hydrogens is 372 g/mol. The van der Waals surface area contributed by atoms with Gasteiger partial charge >= 0.3 is 0 Å². The van der Waals surface area contributed by atoms with Gasteiger partial charge in [0.25, 0.3) is 5.91 Å². The molecule has 1 fully saturated rings. The maximum atomic E-state index is 12.7. The summed E-state index contributed by atoms with van der Waals surface area (Å²) in [6.45, 7) is 4.69. The lowest BCUT2D eigenvalue weighted by molar-refractivity contribution is 0.102. The highest BCUT2D eigenvalue weighted by Crippen LogP contribution is 2.23. The van der Waals surface area contributed by atoms with E-state index in [-0.39, 0.29) is 5.91 Å². The summed E-state index contributed by atoms with van der Waals surface area (Å²) in [5.41, 5.74) is 5.75. The number of hydrogen-bond acceptors (Lipinski definition) is 3. The van der Waals surface area contributed by atoms with E-state index in [2.05, 4.69) is 21.8 Å². The molecule has 0 radical (unpaired) electrons. The molecule has 5 nitrogen and oxygen atoms in total. The monoisotopic (exact) mass is 402 g/mol. The van der Waals surface area contributed by atoms with Crippen LogP contribution in [0, 0.1) is 13.8 Å². The summed E-state index contributed by atoms with van der Waals surface area (Å²) in [5.74, 6) is -0.0989. The maximum absolute atomic E-state index is 12.7. The fourth-order valence-corrected chi connectivity index (χ4v) is 4.15. The fraction of sp³-hybridized carbons (Fsp3) is 0.360. The van der Waals surface area contributed by atoms with Crippen molar-refractivity contribution in [2.45, 2.75) is 58.5 Å². The van der Waals surface area contributed by atoms with Crippen LogP contribution in [0.2, 0.25) is 0 Å². The predicted molar refractivity (Wildman–Crippen MR) is 122 cm³/mol. The molecule has 4 rings (SSSR count). The van der Waals surface area contributed by atoms with E-state index in [0.717, 1.165) is 28.3 Å². The van der Waals surface area contributed by atoms with Gasteiger partial charge in [-0.1, -0.05) is 31.4 Å². The summed E-state index contributed by atoms with van der Waals surface area (Å²) in [6.07, 6.45) is 6.46. The first-order valence-electron chi connectivity index (χ1n) is 10.8. The summed E-state index contributed by atoms with van der Waals surface area (Å²) in [4.78, 5) is 12.7. The Kier molecular flexibility index (Phi) is 6.17. The smallest absolute Gasteiger partial charge is 0.255 e. The second-order valence-corrected chi connectivity index (χ2v) is 8.30. The summed E-state index contributed by atoms with van der Waals surface area (Å²) in [5, 5.41) is 11.1. The predicted octanol–water partition coefficient (Wildman–Crippen LogP) is 5.55. The van der Waals surface area contributed by atoms with Gasteiger partial charge in [-0.3, -0.25) is 9.48 Å². The number of nitrogens with zero attached hydrogens (tertiary/aromatic N) is 2. The van der Waals surface area contributed by atoms with Crippen LogP contribution < -0.4 is 10.6 Å². The molecule has 1 saturated carbocycles. The van der Waals surface area contributed by atoms with Crippen molar-refractivity contribution < 1.29 is 4.79 Å². The zero-order valence-corrected chi connectivity index (χ0v) is 17.8. The molecule has 3 aromatic rings. The highest BCUT2D eigenvalue weighted by molar-refractivity contribution is 6.04. The first kappa shape index (κ1) is 20.2. The van der Waals surface area contributed by atoms with Crippen molar-refractivity contribution in [3.63, 3.8) is 0 Å². The van der Waals surface area contributed by atoms with Gasteiger partial charge in [0.15, 0.2) is 0 Å². The molecule has 1 amide bonds. The van der Waals surface area contributed by atoms with Gasteiger partial charge in [-0.15, -0.1) is 0 Å². The normalized spacial score (nSPS) is 14.5. The Hall–Kier alpha value is -3.08. The molecule has 0 saturated heterocycles. The van der Waals surface area contributed by atoms with Crippen LogP contribution >= 0.6 is 0 Å². The van der Waals surface area contributed by atoms with E-state index in [4.69, 9.17) is 0 Å². The van der Waals surface area contributed by atoms with Crippen molar-refractivity contribution in [3.8, 4) is 0 Å². The van der Waals surface area contributed by atoms with Gasteiger partial charge in [-0.25, -0.2) is 0 Å². The molecule has 2 aromatic carbocycles. The lowest BCUT2D eigenvalue weighted by Crippen LogP contribution is -2.22. The van der Waals surface area contributed by atoms with E-state index in [1.54, 1.807) is 0 Å². The van der Waals surface area contributed by atoms with Crippen molar-refractivity contribution in [3.05, 3.63) is 77.1 Å². The van der Waals surface area contributed by atoms with Gasteiger partial charge in [0, 0.05) is 28.7 Å². The zero-order chi connectivity index (χ0) is 20.9. The topological polar surface area (TPSA) is 59.0 Å². The van der Waals surface area contributed by atoms with E-state index in [0.29, 0.717) is 18.2 Å². The summed E-state index contributed by atoms with van der Waals surface area (Å²) >= 11 is 0. The molecule has 5 heteroatoms. The van der Waals surface area contributed by atoms with Gasteiger partial charge in [0.05, 0.1) is 12.2 Å². The number of carbonyl (C=O) groups is 1. The van der Waals surface area contributed by atoms with Crippen LogP contribution in [0.25, 0.3) is 0 Å². The van der Waals surface area contributed by atoms with Crippen LogP contribution in [0.4, 0.5) is 11.4 Å².